The van der Waals surface area contributed by atoms with Gasteiger partial charge in [-0.25, -0.2) is 0 Å². The van der Waals surface area contributed by atoms with Crippen molar-refractivity contribution in [3.63, 3.8) is 0 Å². The highest BCUT2D eigenvalue weighted by Crippen LogP contribution is 2.22. The predicted molar refractivity (Wildman–Crippen MR) is 69.8 cm³/mol. The first-order chi connectivity index (χ1) is 7.98. The van der Waals surface area contributed by atoms with Crippen LogP contribution in [0.3, 0.4) is 0 Å². The van der Waals surface area contributed by atoms with E-state index in [1.165, 1.54) is 12.1 Å². The van der Waals surface area contributed by atoms with Crippen LogP contribution >= 0.6 is 0 Å². The highest BCUT2D eigenvalue weighted by atomic mass is 32.2. The summed E-state index contributed by atoms with van der Waals surface area (Å²) in [6.07, 6.45) is 0. The van der Waals surface area contributed by atoms with Crippen LogP contribution in [0, 0.1) is 6.92 Å². The summed E-state index contributed by atoms with van der Waals surface area (Å²) in [5.41, 5.74) is 0.834. The third kappa shape index (κ3) is 3.05. The van der Waals surface area contributed by atoms with Crippen molar-refractivity contribution < 1.29 is 13.0 Å². The van der Waals surface area contributed by atoms with Crippen LogP contribution in [0.4, 0.5) is 0 Å². The van der Waals surface area contributed by atoms with Gasteiger partial charge >= 0.3 is 0 Å². The smallest absolute Gasteiger partial charge is 0.282 e. The second kappa shape index (κ2) is 5.29. The van der Waals surface area contributed by atoms with Crippen molar-refractivity contribution in [3.8, 4) is 0 Å². The number of hydrogen-bond donors (Lipinski definition) is 1. The van der Waals surface area contributed by atoms with Crippen LogP contribution in [0.5, 0.6) is 0 Å². The summed E-state index contributed by atoms with van der Waals surface area (Å²) < 4.78 is 30.9. The molecular formula is C13H16O3S. The van der Waals surface area contributed by atoms with E-state index >= 15 is 0 Å². The van der Waals surface area contributed by atoms with Crippen molar-refractivity contribution in [1.29, 1.82) is 0 Å². The van der Waals surface area contributed by atoms with Gasteiger partial charge in [-0.15, -0.1) is 0 Å². The van der Waals surface area contributed by atoms with Crippen molar-refractivity contribution in [2.75, 3.05) is 0 Å². The molecule has 0 fully saturated rings. The van der Waals surface area contributed by atoms with Crippen LogP contribution in [0.1, 0.15) is 19.4 Å². The highest BCUT2D eigenvalue weighted by molar-refractivity contribution is 7.85. The average molecular weight is 252 g/mol. The predicted octanol–water partition coefficient (Wildman–Crippen LogP) is 3.42. The molecule has 0 spiro atoms. The summed E-state index contributed by atoms with van der Waals surface area (Å²) in [7, 11) is -4.12. The summed E-state index contributed by atoms with van der Waals surface area (Å²) in [5, 5.41) is 1.80. The van der Waals surface area contributed by atoms with Gasteiger partial charge in [0.25, 0.3) is 10.1 Å². The molecule has 0 heterocycles. The summed E-state index contributed by atoms with van der Waals surface area (Å²) in [6, 6.07) is 10.4. The molecule has 4 heteroatoms. The zero-order valence-corrected chi connectivity index (χ0v) is 11.0. The van der Waals surface area contributed by atoms with E-state index in [0.29, 0.717) is 0 Å². The largest absolute Gasteiger partial charge is 0.294 e. The fourth-order valence-corrected chi connectivity index (χ4v) is 2.22. The van der Waals surface area contributed by atoms with Gasteiger partial charge in [0.1, 0.15) is 0 Å². The molecule has 92 valence electrons. The molecule has 0 saturated heterocycles. The topological polar surface area (TPSA) is 54.4 Å². The molecule has 2 aromatic carbocycles. The van der Waals surface area contributed by atoms with Gasteiger partial charge in [0.05, 0.1) is 4.90 Å². The Labute approximate surface area is 102 Å². The molecule has 0 unspecified atom stereocenters. The lowest BCUT2D eigenvalue weighted by atomic mass is 10.1. The van der Waals surface area contributed by atoms with Crippen LogP contribution in [0.2, 0.25) is 0 Å². The minimum atomic E-state index is -4.12. The van der Waals surface area contributed by atoms with Crippen LogP contribution in [0.15, 0.2) is 41.3 Å². The van der Waals surface area contributed by atoms with E-state index in [2.05, 4.69) is 0 Å². The van der Waals surface area contributed by atoms with E-state index in [1.807, 2.05) is 45.0 Å². The van der Waals surface area contributed by atoms with Crippen LogP contribution in [-0.2, 0) is 10.1 Å². The standard InChI is InChI=1S/C11H10O3S.C2H6/c1-8-6-10(15(12,13)14)7-9-4-2-3-5-11(8)9;1-2/h2-7H,1H3,(H,12,13,14);1-2H3. The summed E-state index contributed by atoms with van der Waals surface area (Å²) in [4.78, 5) is -0.0568. The van der Waals surface area contributed by atoms with E-state index in [1.54, 1.807) is 0 Å². The lowest BCUT2D eigenvalue weighted by Gasteiger charge is -2.04. The Bertz CT molecular complexity index is 616. The van der Waals surface area contributed by atoms with Gasteiger partial charge in [-0.3, -0.25) is 4.55 Å². The fraction of sp³-hybridized carbons (Fsp3) is 0.231. The average Bonchev–Trinajstić information content (AvgIpc) is 2.30. The maximum absolute atomic E-state index is 11.0. The second-order valence-electron chi connectivity index (χ2n) is 3.44. The van der Waals surface area contributed by atoms with E-state index < -0.39 is 10.1 Å². The number of fused-ring (bicyclic) bond motifs is 1. The van der Waals surface area contributed by atoms with E-state index in [9.17, 15) is 8.42 Å². The van der Waals surface area contributed by atoms with Gasteiger partial charge in [-0.05, 0) is 35.4 Å². The van der Waals surface area contributed by atoms with Crippen molar-refractivity contribution in [1.82, 2.24) is 0 Å². The summed E-state index contributed by atoms with van der Waals surface area (Å²) in [6.45, 7) is 5.82. The Morgan fingerprint density at radius 2 is 1.65 bits per heavy atom. The highest BCUT2D eigenvalue weighted by Gasteiger charge is 2.11. The van der Waals surface area contributed by atoms with Crippen LogP contribution in [0.25, 0.3) is 10.8 Å². The lowest BCUT2D eigenvalue weighted by molar-refractivity contribution is 0.483. The van der Waals surface area contributed by atoms with Gasteiger partial charge in [-0.2, -0.15) is 8.42 Å². The van der Waals surface area contributed by atoms with Gasteiger partial charge in [0, 0.05) is 0 Å². The summed E-state index contributed by atoms with van der Waals surface area (Å²) >= 11 is 0. The first-order valence-electron chi connectivity index (χ1n) is 5.45. The van der Waals surface area contributed by atoms with E-state index in [4.69, 9.17) is 4.55 Å². The molecular weight excluding hydrogens is 236 g/mol. The minimum absolute atomic E-state index is 0.0568. The molecule has 0 amide bonds. The third-order valence-electron chi connectivity index (χ3n) is 2.34. The van der Waals surface area contributed by atoms with E-state index in [0.717, 1.165) is 16.3 Å². The molecule has 0 aliphatic carbocycles. The zero-order chi connectivity index (χ0) is 13.1. The fourth-order valence-electron chi connectivity index (χ4n) is 1.62. The number of aryl methyl sites for hydroxylation is 1. The molecule has 0 atom stereocenters. The van der Waals surface area contributed by atoms with Gasteiger partial charge in [0.15, 0.2) is 0 Å². The van der Waals surface area contributed by atoms with Gasteiger partial charge in [-0.1, -0.05) is 38.1 Å². The molecule has 1 N–H and O–H groups in total. The monoisotopic (exact) mass is 252 g/mol. The zero-order valence-electron chi connectivity index (χ0n) is 10.1. The summed E-state index contributed by atoms with van der Waals surface area (Å²) in [5.74, 6) is 0. The third-order valence-corrected chi connectivity index (χ3v) is 3.17. The Morgan fingerprint density at radius 1 is 1.06 bits per heavy atom. The number of benzene rings is 2. The second-order valence-corrected chi connectivity index (χ2v) is 4.86. The lowest BCUT2D eigenvalue weighted by Crippen LogP contribution is -1.98. The minimum Gasteiger partial charge on any atom is -0.282 e. The molecule has 0 aliphatic heterocycles. The van der Waals surface area contributed by atoms with Crippen molar-refractivity contribution in [2.45, 2.75) is 25.7 Å². The van der Waals surface area contributed by atoms with Crippen LogP contribution < -0.4 is 0 Å². The SMILES string of the molecule is CC.Cc1cc(S(=O)(=O)O)cc2ccccc12. The maximum atomic E-state index is 11.0. The van der Waals surface area contributed by atoms with Crippen molar-refractivity contribution in [3.05, 3.63) is 42.0 Å². The normalized spacial score (nSPS) is 10.8. The molecule has 0 aromatic heterocycles. The molecule has 2 rings (SSSR count). The Balaban J connectivity index is 0.000000686. The molecule has 0 saturated carbocycles. The first kappa shape index (κ1) is 13.7. The number of rotatable bonds is 1. The maximum Gasteiger partial charge on any atom is 0.294 e. The Morgan fingerprint density at radius 3 is 2.24 bits per heavy atom. The molecule has 2 aromatic rings. The number of hydrogen-bond acceptors (Lipinski definition) is 2. The molecule has 0 bridgehead atoms. The molecule has 0 radical (unpaired) electrons. The van der Waals surface area contributed by atoms with Gasteiger partial charge in [0.2, 0.25) is 0 Å². The van der Waals surface area contributed by atoms with E-state index in [-0.39, 0.29) is 4.90 Å². The van der Waals surface area contributed by atoms with Crippen LogP contribution in [-0.4, -0.2) is 13.0 Å². The Kier molecular flexibility index (Phi) is 4.26. The molecule has 17 heavy (non-hydrogen) atoms. The van der Waals surface area contributed by atoms with Crippen molar-refractivity contribution >= 4 is 20.9 Å². The molecule has 3 nitrogen and oxygen atoms in total. The first-order valence-corrected chi connectivity index (χ1v) is 6.89. The Hall–Kier alpha value is -1.39. The van der Waals surface area contributed by atoms with Crippen molar-refractivity contribution in [2.24, 2.45) is 0 Å². The van der Waals surface area contributed by atoms with Gasteiger partial charge < -0.3 is 0 Å². The quantitative estimate of drug-likeness (QED) is 0.791. The molecule has 0 aliphatic rings.